The van der Waals surface area contributed by atoms with Crippen molar-refractivity contribution in [3.63, 3.8) is 0 Å². The maximum atomic E-state index is 11.7. The molecule has 0 bridgehead atoms. The van der Waals surface area contributed by atoms with E-state index < -0.39 is 0 Å². The maximum Gasteiger partial charge on any atom is 0.344 e. The van der Waals surface area contributed by atoms with E-state index >= 15 is 0 Å². The van der Waals surface area contributed by atoms with Crippen molar-refractivity contribution >= 4 is 27.4 Å². The van der Waals surface area contributed by atoms with Crippen molar-refractivity contribution in [3.8, 4) is 0 Å². The molecule has 0 atom stereocenters. The molecule has 0 aliphatic carbocycles. The van der Waals surface area contributed by atoms with Crippen LogP contribution in [-0.2, 0) is 0 Å². The van der Waals surface area contributed by atoms with Crippen LogP contribution in [0, 0.1) is 0 Å². The standard InChI is InChI=1S/C13H9NO2/c14-8-5-6-9-10-3-1-2-4-12(10)16-13(15)11(9)7-8/h1-7H,14H2. The van der Waals surface area contributed by atoms with Crippen LogP contribution in [0.2, 0.25) is 0 Å². The number of para-hydroxylation sites is 1. The molecule has 2 N–H and O–H groups in total. The summed E-state index contributed by atoms with van der Waals surface area (Å²) in [5.74, 6) is 0. The summed E-state index contributed by atoms with van der Waals surface area (Å²) in [5.41, 5.74) is 6.48. The highest BCUT2D eigenvalue weighted by Crippen LogP contribution is 2.23. The fraction of sp³-hybridized carbons (Fsp3) is 0. The second-order valence-corrected chi connectivity index (χ2v) is 3.69. The second-order valence-electron chi connectivity index (χ2n) is 3.69. The Labute approximate surface area is 91.1 Å². The third-order valence-corrected chi connectivity index (χ3v) is 2.64. The third-order valence-electron chi connectivity index (χ3n) is 2.64. The van der Waals surface area contributed by atoms with Gasteiger partial charge in [0.15, 0.2) is 0 Å². The van der Waals surface area contributed by atoms with Gasteiger partial charge in [0.25, 0.3) is 0 Å². The Bertz CT molecular complexity index is 744. The fourth-order valence-corrected chi connectivity index (χ4v) is 1.90. The minimum atomic E-state index is -0.346. The molecular weight excluding hydrogens is 202 g/mol. The first kappa shape index (κ1) is 8.97. The number of rotatable bonds is 0. The highest BCUT2D eigenvalue weighted by atomic mass is 16.4. The summed E-state index contributed by atoms with van der Waals surface area (Å²) in [7, 11) is 0. The lowest BCUT2D eigenvalue weighted by molar-refractivity contribution is 0.569. The summed E-state index contributed by atoms with van der Waals surface area (Å²) in [6.45, 7) is 0. The molecule has 0 amide bonds. The molecule has 3 heteroatoms. The smallest absolute Gasteiger partial charge is 0.344 e. The molecule has 3 aromatic rings. The van der Waals surface area contributed by atoms with Crippen molar-refractivity contribution in [1.82, 2.24) is 0 Å². The summed E-state index contributed by atoms with van der Waals surface area (Å²) in [6, 6.07) is 12.8. The van der Waals surface area contributed by atoms with Crippen LogP contribution in [-0.4, -0.2) is 0 Å². The lowest BCUT2D eigenvalue weighted by Gasteiger charge is -2.02. The largest absolute Gasteiger partial charge is 0.422 e. The Hall–Kier alpha value is -2.29. The quantitative estimate of drug-likeness (QED) is 0.353. The molecule has 3 nitrogen and oxygen atoms in total. The first-order chi connectivity index (χ1) is 7.75. The van der Waals surface area contributed by atoms with Crippen molar-refractivity contribution in [2.45, 2.75) is 0 Å². The minimum Gasteiger partial charge on any atom is -0.422 e. The second kappa shape index (κ2) is 3.10. The van der Waals surface area contributed by atoms with Gasteiger partial charge in [-0.25, -0.2) is 4.79 Å². The van der Waals surface area contributed by atoms with Gasteiger partial charge in [-0.15, -0.1) is 0 Å². The molecule has 0 saturated carbocycles. The molecule has 0 spiro atoms. The first-order valence-electron chi connectivity index (χ1n) is 4.97. The minimum absolute atomic E-state index is 0.346. The van der Waals surface area contributed by atoms with Gasteiger partial charge in [-0.05, 0) is 18.2 Å². The van der Waals surface area contributed by atoms with E-state index in [1.165, 1.54) is 0 Å². The van der Waals surface area contributed by atoms with Crippen LogP contribution >= 0.6 is 0 Å². The summed E-state index contributed by atoms with van der Waals surface area (Å²) < 4.78 is 5.22. The fourth-order valence-electron chi connectivity index (χ4n) is 1.90. The van der Waals surface area contributed by atoms with Gasteiger partial charge in [0.2, 0.25) is 0 Å². The summed E-state index contributed by atoms with van der Waals surface area (Å²) in [4.78, 5) is 11.7. The average Bonchev–Trinajstić information content (AvgIpc) is 2.29. The van der Waals surface area contributed by atoms with Crippen LogP contribution in [0.15, 0.2) is 51.7 Å². The molecular formula is C13H9NO2. The molecule has 0 radical (unpaired) electrons. The van der Waals surface area contributed by atoms with Crippen molar-refractivity contribution in [1.29, 1.82) is 0 Å². The van der Waals surface area contributed by atoms with Crippen molar-refractivity contribution in [2.24, 2.45) is 0 Å². The SMILES string of the molecule is Nc1ccc2c(c1)c(=O)oc1ccccc12. The van der Waals surface area contributed by atoms with E-state index in [0.29, 0.717) is 16.7 Å². The maximum absolute atomic E-state index is 11.7. The highest BCUT2D eigenvalue weighted by Gasteiger charge is 2.06. The van der Waals surface area contributed by atoms with Crippen LogP contribution in [0.1, 0.15) is 0 Å². The molecule has 0 aliphatic heterocycles. The molecule has 16 heavy (non-hydrogen) atoms. The van der Waals surface area contributed by atoms with Gasteiger partial charge in [-0.2, -0.15) is 0 Å². The van der Waals surface area contributed by atoms with E-state index in [4.69, 9.17) is 10.2 Å². The van der Waals surface area contributed by atoms with E-state index in [1.54, 1.807) is 18.2 Å². The van der Waals surface area contributed by atoms with E-state index in [1.807, 2.05) is 24.3 Å². The van der Waals surface area contributed by atoms with Gasteiger partial charge in [-0.3, -0.25) is 0 Å². The summed E-state index contributed by atoms with van der Waals surface area (Å²) in [6.07, 6.45) is 0. The molecule has 78 valence electrons. The van der Waals surface area contributed by atoms with E-state index in [9.17, 15) is 4.79 Å². The van der Waals surface area contributed by atoms with Crippen LogP contribution in [0.5, 0.6) is 0 Å². The number of nitrogen functional groups attached to an aromatic ring is 1. The molecule has 2 aromatic carbocycles. The summed E-state index contributed by atoms with van der Waals surface area (Å²) in [5, 5.41) is 2.33. The molecule has 0 unspecified atom stereocenters. The number of hydrogen-bond donors (Lipinski definition) is 1. The zero-order valence-electron chi connectivity index (χ0n) is 8.44. The number of anilines is 1. The van der Waals surface area contributed by atoms with Crippen LogP contribution in [0.4, 0.5) is 5.69 Å². The Balaban J connectivity index is 2.65. The predicted molar refractivity (Wildman–Crippen MR) is 64.4 cm³/mol. The van der Waals surface area contributed by atoms with Gasteiger partial charge < -0.3 is 10.2 Å². The zero-order chi connectivity index (χ0) is 11.1. The third kappa shape index (κ3) is 1.18. The molecule has 1 aromatic heterocycles. The van der Waals surface area contributed by atoms with Crippen molar-refractivity contribution in [2.75, 3.05) is 5.73 Å². The van der Waals surface area contributed by atoms with Gasteiger partial charge >= 0.3 is 5.63 Å². The number of hydrogen-bond acceptors (Lipinski definition) is 3. The lowest BCUT2D eigenvalue weighted by Crippen LogP contribution is -2.00. The van der Waals surface area contributed by atoms with Gasteiger partial charge in [0, 0.05) is 16.5 Å². The Kier molecular flexibility index (Phi) is 1.74. The number of benzene rings is 2. The van der Waals surface area contributed by atoms with Crippen LogP contribution in [0.3, 0.4) is 0 Å². The Morgan fingerprint density at radius 3 is 2.62 bits per heavy atom. The van der Waals surface area contributed by atoms with Crippen LogP contribution < -0.4 is 11.4 Å². The number of fused-ring (bicyclic) bond motifs is 3. The molecule has 0 fully saturated rings. The average molecular weight is 211 g/mol. The number of nitrogens with two attached hydrogens (primary N) is 1. The van der Waals surface area contributed by atoms with E-state index in [2.05, 4.69) is 0 Å². The van der Waals surface area contributed by atoms with Crippen LogP contribution in [0.25, 0.3) is 21.7 Å². The van der Waals surface area contributed by atoms with Crippen molar-refractivity contribution < 1.29 is 4.42 Å². The van der Waals surface area contributed by atoms with E-state index in [0.717, 1.165) is 10.8 Å². The van der Waals surface area contributed by atoms with Gasteiger partial charge in [0.05, 0.1) is 5.39 Å². The molecule has 3 rings (SSSR count). The Morgan fingerprint density at radius 1 is 0.938 bits per heavy atom. The molecule has 0 saturated heterocycles. The van der Waals surface area contributed by atoms with Crippen molar-refractivity contribution in [3.05, 3.63) is 52.9 Å². The van der Waals surface area contributed by atoms with Gasteiger partial charge in [-0.1, -0.05) is 24.3 Å². The topological polar surface area (TPSA) is 56.2 Å². The summed E-state index contributed by atoms with van der Waals surface area (Å²) >= 11 is 0. The first-order valence-corrected chi connectivity index (χ1v) is 4.97. The predicted octanol–water partition coefficient (Wildman–Crippen LogP) is 2.53. The zero-order valence-corrected chi connectivity index (χ0v) is 8.44. The molecule has 1 heterocycles. The highest BCUT2D eigenvalue weighted by molar-refractivity contribution is 6.04. The van der Waals surface area contributed by atoms with E-state index in [-0.39, 0.29) is 5.63 Å². The monoisotopic (exact) mass is 211 g/mol. The Morgan fingerprint density at radius 2 is 1.75 bits per heavy atom. The van der Waals surface area contributed by atoms with Gasteiger partial charge in [0.1, 0.15) is 5.58 Å². The lowest BCUT2D eigenvalue weighted by atomic mass is 10.1. The molecule has 0 aliphatic rings. The normalized spacial score (nSPS) is 11.0.